The third kappa shape index (κ3) is 5.14. The molecule has 3 heteroatoms. The molecule has 116 valence electrons. The molecule has 0 radical (unpaired) electrons. The summed E-state index contributed by atoms with van der Waals surface area (Å²) in [6, 6.07) is 8.98. The Bertz CT molecular complexity index is 443. The predicted molar refractivity (Wildman–Crippen MR) is 91.3 cm³/mol. The van der Waals surface area contributed by atoms with Crippen LogP contribution in [-0.2, 0) is 11.2 Å². The number of hydrogen-bond donors (Lipinski definition) is 0. The highest BCUT2D eigenvalue weighted by molar-refractivity contribution is 9.10. The van der Waals surface area contributed by atoms with Gasteiger partial charge in [0.15, 0.2) is 0 Å². The van der Waals surface area contributed by atoms with E-state index in [1.165, 1.54) is 24.8 Å². The van der Waals surface area contributed by atoms with Crippen molar-refractivity contribution in [1.29, 1.82) is 0 Å². The van der Waals surface area contributed by atoms with Crippen LogP contribution >= 0.6 is 15.9 Å². The van der Waals surface area contributed by atoms with Gasteiger partial charge in [0, 0.05) is 23.5 Å². The quantitative estimate of drug-likeness (QED) is 0.663. The maximum absolute atomic E-state index is 12.3. The number of piperidine rings is 1. The number of rotatable bonds is 6. The van der Waals surface area contributed by atoms with E-state index in [4.69, 9.17) is 0 Å². The number of halogens is 1. The molecule has 1 aromatic rings. The number of unbranched alkanes of at least 4 members (excludes halogenated alkanes) is 1. The Morgan fingerprint density at radius 2 is 2.00 bits per heavy atom. The molecule has 0 aliphatic carbocycles. The molecule has 2 nitrogen and oxygen atoms in total. The van der Waals surface area contributed by atoms with Crippen LogP contribution in [0.1, 0.15) is 57.4 Å². The van der Waals surface area contributed by atoms with Gasteiger partial charge in [0.05, 0.1) is 0 Å². The minimum Gasteiger partial charge on any atom is -0.340 e. The van der Waals surface area contributed by atoms with Crippen LogP contribution in [0.5, 0.6) is 0 Å². The van der Waals surface area contributed by atoms with E-state index in [2.05, 4.69) is 52.0 Å². The zero-order valence-corrected chi connectivity index (χ0v) is 14.6. The molecule has 1 unspecified atom stereocenters. The first kappa shape index (κ1) is 16.5. The second kappa shape index (κ2) is 8.57. The third-order valence-corrected chi connectivity index (χ3v) is 4.97. The summed E-state index contributed by atoms with van der Waals surface area (Å²) in [5.74, 6) is 0.373. The normalized spacial score (nSPS) is 18.8. The summed E-state index contributed by atoms with van der Waals surface area (Å²) in [4.78, 5) is 14.5. The molecule has 1 atom stereocenters. The highest BCUT2D eigenvalue weighted by atomic mass is 79.9. The van der Waals surface area contributed by atoms with Crippen molar-refractivity contribution in [3.05, 3.63) is 34.3 Å². The molecule has 0 spiro atoms. The molecule has 1 aromatic carbocycles. The molecule has 0 aromatic heterocycles. The second-order valence-electron chi connectivity index (χ2n) is 5.98. The summed E-state index contributed by atoms with van der Waals surface area (Å²) in [7, 11) is 0. The Kier molecular flexibility index (Phi) is 6.75. The molecule has 0 saturated carbocycles. The fourth-order valence-electron chi connectivity index (χ4n) is 3.15. The van der Waals surface area contributed by atoms with Crippen LogP contribution in [-0.4, -0.2) is 23.4 Å². The summed E-state index contributed by atoms with van der Waals surface area (Å²) in [5.41, 5.74) is 1.36. The van der Waals surface area contributed by atoms with Crippen LogP contribution in [0.3, 0.4) is 0 Å². The summed E-state index contributed by atoms with van der Waals surface area (Å²) in [6.07, 6.45) is 8.64. The first-order valence-electron chi connectivity index (χ1n) is 8.24. The van der Waals surface area contributed by atoms with Gasteiger partial charge in [-0.3, -0.25) is 4.79 Å². The third-order valence-electron chi connectivity index (χ3n) is 4.44. The van der Waals surface area contributed by atoms with Gasteiger partial charge in [-0.2, -0.15) is 0 Å². The summed E-state index contributed by atoms with van der Waals surface area (Å²) in [6.45, 7) is 3.17. The minimum atomic E-state index is 0.373. The van der Waals surface area contributed by atoms with Crippen molar-refractivity contribution in [2.75, 3.05) is 6.54 Å². The van der Waals surface area contributed by atoms with Gasteiger partial charge in [-0.1, -0.05) is 35.0 Å². The monoisotopic (exact) mass is 351 g/mol. The van der Waals surface area contributed by atoms with E-state index < -0.39 is 0 Å². The maximum atomic E-state index is 12.3. The molecule has 1 saturated heterocycles. The first-order chi connectivity index (χ1) is 10.2. The molecule has 1 fully saturated rings. The van der Waals surface area contributed by atoms with Gasteiger partial charge in [0.2, 0.25) is 5.91 Å². The number of nitrogens with zero attached hydrogens (tertiary/aromatic N) is 1. The van der Waals surface area contributed by atoms with Crippen molar-refractivity contribution < 1.29 is 4.79 Å². The van der Waals surface area contributed by atoms with Crippen LogP contribution in [0.2, 0.25) is 0 Å². The van der Waals surface area contributed by atoms with Crippen molar-refractivity contribution in [1.82, 2.24) is 4.90 Å². The molecular weight excluding hydrogens is 326 g/mol. The molecule has 0 N–H and O–H groups in total. The lowest BCUT2D eigenvalue weighted by atomic mass is 9.99. The van der Waals surface area contributed by atoms with Crippen molar-refractivity contribution in [3.63, 3.8) is 0 Å². The Balaban J connectivity index is 1.70. The molecule has 1 aliphatic heterocycles. The van der Waals surface area contributed by atoms with Crippen LogP contribution in [0, 0.1) is 0 Å². The lowest BCUT2D eigenvalue weighted by molar-refractivity contribution is -0.135. The van der Waals surface area contributed by atoms with Crippen molar-refractivity contribution in [3.8, 4) is 0 Å². The smallest absolute Gasteiger partial charge is 0.222 e. The Morgan fingerprint density at radius 3 is 2.71 bits per heavy atom. The summed E-state index contributed by atoms with van der Waals surface area (Å²) in [5, 5.41) is 0. The van der Waals surface area contributed by atoms with Crippen LogP contribution in [0.25, 0.3) is 0 Å². The highest BCUT2D eigenvalue weighted by Gasteiger charge is 2.24. The van der Waals surface area contributed by atoms with Gasteiger partial charge in [0.25, 0.3) is 0 Å². The number of aryl methyl sites for hydroxylation is 1. The summed E-state index contributed by atoms with van der Waals surface area (Å²) >= 11 is 3.45. The fraction of sp³-hybridized carbons (Fsp3) is 0.611. The number of benzene rings is 1. The zero-order valence-electron chi connectivity index (χ0n) is 13.0. The lowest BCUT2D eigenvalue weighted by Crippen LogP contribution is -2.43. The fourth-order valence-corrected chi connectivity index (χ4v) is 3.42. The zero-order chi connectivity index (χ0) is 15.1. The van der Waals surface area contributed by atoms with Gasteiger partial charge in [-0.25, -0.2) is 0 Å². The number of hydrogen-bond acceptors (Lipinski definition) is 1. The second-order valence-corrected chi connectivity index (χ2v) is 6.89. The minimum absolute atomic E-state index is 0.373. The van der Waals surface area contributed by atoms with Crippen molar-refractivity contribution in [2.45, 2.75) is 64.3 Å². The van der Waals surface area contributed by atoms with Crippen LogP contribution in [0.15, 0.2) is 28.7 Å². The number of likely N-dealkylation sites (tertiary alicyclic amines) is 1. The van der Waals surface area contributed by atoms with Gasteiger partial charge < -0.3 is 4.90 Å². The van der Waals surface area contributed by atoms with Gasteiger partial charge in [-0.15, -0.1) is 0 Å². The molecule has 0 bridgehead atoms. The Labute approximate surface area is 137 Å². The number of carbonyl (C=O) groups is 1. The Hall–Kier alpha value is -0.830. The van der Waals surface area contributed by atoms with E-state index >= 15 is 0 Å². The molecule has 2 rings (SSSR count). The van der Waals surface area contributed by atoms with Crippen molar-refractivity contribution in [2.24, 2.45) is 0 Å². The highest BCUT2D eigenvalue weighted by Crippen LogP contribution is 2.21. The average molecular weight is 352 g/mol. The topological polar surface area (TPSA) is 20.3 Å². The number of carbonyl (C=O) groups excluding carboxylic acids is 1. The lowest BCUT2D eigenvalue weighted by Gasteiger charge is -2.35. The molecule has 1 aliphatic rings. The average Bonchev–Trinajstić information content (AvgIpc) is 2.53. The number of amides is 1. The standard InChI is InChI=1S/C18H26BrNO/c1-2-17-8-5-6-14-20(17)18(21)9-4-3-7-15-10-12-16(19)13-11-15/h10-13,17H,2-9,14H2,1H3. The van der Waals surface area contributed by atoms with E-state index in [1.807, 2.05) is 0 Å². The van der Waals surface area contributed by atoms with Gasteiger partial charge in [-0.05, 0) is 62.6 Å². The van der Waals surface area contributed by atoms with Crippen LogP contribution in [0.4, 0.5) is 0 Å². The van der Waals surface area contributed by atoms with Gasteiger partial charge in [0.1, 0.15) is 0 Å². The predicted octanol–water partition coefficient (Wildman–Crippen LogP) is 4.95. The van der Waals surface area contributed by atoms with E-state index in [0.717, 1.165) is 36.7 Å². The SMILES string of the molecule is CCC1CCCCN1C(=O)CCCCc1ccc(Br)cc1. The van der Waals surface area contributed by atoms with E-state index in [1.54, 1.807) is 0 Å². The molecule has 21 heavy (non-hydrogen) atoms. The molecule has 1 heterocycles. The van der Waals surface area contributed by atoms with Crippen molar-refractivity contribution >= 4 is 21.8 Å². The molecular formula is C18H26BrNO. The van der Waals surface area contributed by atoms with E-state index in [-0.39, 0.29) is 0 Å². The first-order valence-corrected chi connectivity index (χ1v) is 9.04. The largest absolute Gasteiger partial charge is 0.340 e. The Morgan fingerprint density at radius 1 is 1.24 bits per heavy atom. The maximum Gasteiger partial charge on any atom is 0.222 e. The van der Waals surface area contributed by atoms with Gasteiger partial charge >= 0.3 is 0 Å². The van der Waals surface area contributed by atoms with E-state index in [9.17, 15) is 4.79 Å². The van der Waals surface area contributed by atoms with Crippen LogP contribution < -0.4 is 0 Å². The van der Waals surface area contributed by atoms with E-state index in [0.29, 0.717) is 18.4 Å². The molecule has 1 amide bonds. The summed E-state index contributed by atoms with van der Waals surface area (Å²) < 4.78 is 1.12.